The highest BCUT2D eigenvalue weighted by atomic mass is 15.3. The molecule has 4 heteroatoms. The van der Waals surface area contributed by atoms with E-state index in [1.165, 1.54) is 11.3 Å². The first-order valence-corrected chi connectivity index (χ1v) is 6.96. The van der Waals surface area contributed by atoms with Crippen molar-refractivity contribution in [1.82, 2.24) is 15.1 Å². The third-order valence-corrected chi connectivity index (χ3v) is 3.66. The molecule has 19 heavy (non-hydrogen) atoms. The van der Waals surface area contributed by atoms with Crippen LogP contribution in [0.1, 0.15) is 12.5 Å². The van der Waals surface area contributed by atoms with Crippen molar-refractivity contribution in [2.45, 2.75) is 13.3 Å². The van der Waals surface area contributed by atoms with E-state index in [-0.39, 0.29) is 0 Å². The number of hydrogen-bond acceptors (Lipinski definition) is 3. The van der Waals surface area contributed by atoms with E-state index in [0.29, 0.717) is 0 Å². The summed E-state index contributed by atoms with van der Waals surface area (Å²) < 4.78 is 1.96. The van der Waals surface area contributed by atoms with Gasteiger partial charge in [0.25, 0.3) is 0 Å². The van der Waals surface area contributed by atoms with Gasteiger partial charge in [-0.05, 0) is 24.1 Å². The van der Waals surface area contributed by atoms with E-state index in [2.05, 4.69) is 52.7 Å². The standard InChI is InChI=1S/C15H20N4/c1-2-13-3-5-14(6-4-13)19-12-15(11-17-19)18-9-7-16-8-10-18/h3-6,11-12,16H,2,7-10H2,1H3. The lowest BCUT2D eigenvalue weighted by Gasteiger charge is -2.27. The SMILES string of the molecule is CCc1ccc(-n2cc(N3CCNCC3)cn2)cc1. The van der Waals surface area contributed by atoms with Crippen LogP contribution in [0.5, 0.6) is 0 Å². The zero-order chi connectivity index (χ0) is 13.1. The minimum Gasteiger partial charge on any atom is -0.366 e. The molecule has 0 amide bonds. The fourth-order valence-electron chi connectivity index (χ4n) is 2.43. The molecule has 0 radical (unpaired) electrons. The van der Waals surface area contributed by atoms with Gasteiger partial charge in [0.15, 0.2) is 0 Å². The molecule has 1 aliphatic heterocycles. The average molecular weight is 256 g/mol. The molecule has 100 valence electrons. The van der Waals surface area contributed by atoms with Crippen molar-refractivity contribution in [3.8, 4) is 5.69 Å². The van der Waals surface area contributed by atoms with Crippen LogP contribution in [0.3, 0.4) is 0 Å². The highest BCUT2D eigenvalue weighted by molar-refractivity contribution is 5.46. The van der Waals surface area contributed by atoms with Gasteiger partial charge in [-0.15, -0.1) is 0 Å². The second kappa shape index (κ2) is 5.45. The first-order valence-electron chi connectivity index (χ1n) is 6.96. The van der Waals surface area contributed by atoms with Crippen LogP contribution in [0.2, 0.25) is 0 Å². The molecule has 0 atom stereocenters. The lowest BCUT2D eigenvalue weighted by atomic mass is 10.1. The summed E-state index contributed by atoms with van der Waals surface area (Å²) in [6, 6.07) is 8.60. The number of hydrogen-bond donors (Lipinski definition) is 1. The molecule has 2 heterocycles. The van der Waals surface area contributed by atoms with Gasteiger partial charge in [0.05, 0.1) is 23.8 Å². The van der Waals surface area contributed by atoms with Crippen LogP contribution >= 0.6 is 0 Å². The third-order valence-electron chi connectivity index (χ3n) is 3.66. The summed E-state index contributed by atoms with van der Waals surface area (Å²) >= 11 is 0. The molecular weight excluding hydrogens is 236 g/mol. The number of rotatable bonds is 3. The summed E-state index contributed by atoms with van der Waals surface area (Å²) in [4.78, 5) is 2.38. The van der Waals surface area contributed by atoms with Gasteiger partial charge in [-0.1, -0.05) is 19.1 Å². The highest BCUT2D eigenvalue weighted by Crippen LogP contribution is 2.17. The van der Waals surface area contributed by atoms with E-state index in [9.17, 15) is 0 Å². The zero-order valence-electron chi connectivity index (χ0n) is 11.3. The van der Waals surface area contributed by atoms with Crippen LogP contribution in [0.15, 0.2) is 36.7 Å². The summed E-state index contributed by atoms with van der Waals surface area (Å²) in [5.74, 6) is 0. The summed E-state index contributed by atoms with van der Waals surface area (Å²) in [6.45, 7) is 6.39. The Balaban J connectivity index is 1.79. The van der Waals surface area contributed by atoms with Crippen molar-refractivity contribution in [2.75, 3.05) is 31.1 Å². The molecule has 0 aliphatic carbocycles. The van der Waals surface area contributed by atoms with Gasteiger partial charge in [-0.3, -0.25) is 0 Å². The molecule has 1 aromatic heterocycles. The van der Waals surface area contributed by atoms with Crippen molar-refractivity contribution in [3.63, 3.8) is 0 Å². The second-order valence-corrected chi connectivity index (χ2v) is 4.90. The Morgan fingerprint density at radius 2 is 1.84 bits per heavy atom. The largest absolute Gasteiger partial charge is 0.366 e. The van der Waals surface area contributed by atoms with E-state index in [1.807, 2.05) is 10.9 Å². The second-order valence-electron chi connectivity index (χ2n) is 4.90. The van der Waals surface area contributed by atoms with Gasteiger partial charge < -0.3 is 10.2 Å². The first-order chi connectivity index (χ1) is 9.36. The van der Waals surface area contributed by atoms with Gasteiger partial charge in [-0.25, -0.2) is 4.68 Å². The summed E-state index contributed by atoms with van der Waals surface area (Å²) in [7, 11) is 0. The number of aryl methyl sites for hydroxylation is 1. The van der Waals surface area contributed by atoms with Crippen LogP contribution in [0.4, 0.5) is 5.69 Å². The van der Waals surface area contributed by atoms with Crippen LogP contribution < -0.4 is 10.2 Å². The first kappa shape index (κ1) is 12.2. The number of aromatic nitrogens is 2. The van der Waals surface area contributed by atoms with E-state index in [4.69, 9.17) is 0 Å². The van der Waals surface area contributed by atoms with Crippen molar-refractivity contribution >= 4 is 5.69 Å². The molecule has 0 unspecified atom stereocenters. The van der Waals surface area contributed by atoms with E-state index in [1.54, 1.807) is 0 Å². The number of piperazine rings is 1. The maximum atomic E-state index is 4.47. The predicted molar refractivity (Wildman–Crippen MR) is 78.0 cm³/mol. The van der Waals surface area contributed by atoms with E-state index in [0.717, 1.165) is 38.3 Å². The molecule has 1 aliphatic rings. The molecule has 4 nitrogen and oxygen atoms in total. The Kier molecular flexibility index (Phi) is 3.51. The lowest BCUT2D eigenvalue weighted by Crippen LogP contribution is -2.43. The fraction of sp³-hybridized carbons (Fsp3) is 0.400. The van der Waals surface area contributed by atoms with E-state index >= 15 is 0 Å². The zero-order valence-corrected chi connectivity index (χ0v) is 11.3. The van der Waals surface area contributed by atoms with Crippen LogP contribution in [-0.4, -0.2) is 36.0 Å². The quantitative estimate of drug-likeness (QED) is 0.909. The van der Waals surface area contributed by atoms with Gasteiger partial charge >= 0.3 is 0 Å². The van der Waals surface area contributed by atoms with Crippen molar-refractivity contribution in [3.05, 3.63) is 42.2 Å². The molecule has 0 bridgehead atoms. The summed E-state index contributed by atoms with van der Waals surface area (Å²) in [5, 5.41) is 7.84. The van der Waals surface area contributed by atoms with Gasteiger partial charge in [0.1, 0.15) is 0 Å². The van der Waals surface area contributed by atoms with Gasteiger partial charge in [-0.2, -0.15) is 5.10 Å². The predicted octanol–water partition coefficient (Wildman–Crippen LogP) is 1.84. The molecule has 2 aromatic rings. The summed E-state index contributed by atoms with van der Waals surface area (Å²) in [5.41, 5.74) is 3.69. The summed E-state index contributed by atoms with van der Waals surface area (Å²) in [6.07, 6.45) is 5.15. The molecule has 0 saturated carbocycles. The number of anilines is 1. The molecule has 1 aromatic carbocycles. The minimum atomic E-state index is 1.05. The van der Waals surface area contributed by atoms with Crippen molar-refractivity contribution in [2.24, 2.45) is 0 Å². The Labute approximate surface area is 114 Å². The number of nitrogens with one attached hydrogen (secondary N) is 1. The molecular formula is C15H20N4. The maximum absolute atomic E-state index is 4.47. The Morgan fingerprint density at radius 1 is 1.11 bits per heavy atom. The average Bonchev–Trinajstić information content (AvgIpc) is 2.98. The van der Waals surface area contributed by atoms with Gasteiger partial charge in [0, 0.05) is 26.2 Å². The molecule has 0 spiro atoms. The Hall–Kier alpha value is -1.81. The normalized spacial score (nSPS) is 15.7. The Bertz CT molecular complexity index is 523. The smallest absolute Gasteiger partial charge is 0.0758 e. The van der Waals surface area contributed by atoms with E-state index < -0.39 is 0 Å². The van der Waals surface area contributed by atoms with Crippen LogP contribution in [0.25, 0.3) is 5.69 Å². The molecule has 1 fully saturated rings. The topological polar surface area (TPSA) is 33.1 Å². The number of benzene rings is 1. The molecule has 3 rings (SSSR count). The molecule has 1 N–H and O–H groups in total. The lowest BCUT2D eigenvalue weighted by molar-refractivity contribution is 0.589. The number of nitrogens with zero attached hydrogens (tertiary/aromatic N) is 3. The van der Waals surface area contributed by atoms with Crippen molar-refractivity contribution in [1.29, 1.82) is 0 Å². The highest BCUT2D eigenvalue weighted by Gasteiger charge is 2.12. The third kappa shape index (κ3) is 2.63. The van der Waals surface area contributed by atoms with Gasteiger partial charge in [0.2, 0.25) is 0 Å². The van der Waals surface area contributed by atoms with Crippen LogP contribution in [-0.2, 0) is 6.42 Å². The van der Waals surface area contributed by atoms with Crippen molar-refractivity contribution < 1.29 is 0 Å². The monoisotopic (exact) mass is 256 g/mol. The maximum Gasteiger partial charge on any atom is 0.0758 e. The van der Waals surface area contributed by atoms with Crippen LogP contribution in [0, 0.1) is 0 Å². The minimum absolute atomic E-state index is 1.05. The fourth-order valence-corrected chi connectivity index (χ4v) is 2.43. The Morgan fingerprint density at radius 3 is 2.53 bits per heavy atom. The molecule has 1 saturated heterocycles.